The van der Waals surface area contributed by atoms with Gasteiger partial charge in [0.05, 0.1) is 12.2 Å². The van der Waals surface area contributed by atoms with Crippen molar-refractivity contribution in [3.63, 3.8) is 0 Å². The van der Waals surface area contributed by atoms with Gasteiger partial charge < -0.3 is 14.5 Å². The van der Waals surface area contributed by atoms with Gasteiger partial charge in [0.25, 0.3) is 0 Å². The third kappa shape index (κ3) is 5.48. The molecule has 0 bridgehead atoms. The van der Waals surface area contributed by atoms with Crippen LogP contribution in [0.3, 0.4) is 0 Å². The molecule has 0 spiro atoms. The van der Waals surface area contributed by atoms with E-state index in [1.165, 1.54) is 0 Å². The number of rotatable bonds is 9. The summed E-state index contributed by atoms with van der Waals surface area (Å²) in [7, 11) is 0. The van der Waals surface area contributed by atoms with Crippen molar-refractivity contribution in [1.29, 1.82) is 0 Å². The fraction of sp³-hybridized carbons (Fsp3) is 0.600. The maximum absolute atomic E-state index is 12.6. The van der Waals surface area contributed by atoms with Crippen LogP contribution in [0.1, 0.15) is 52.4 Å². The van der Waals surface area contributed by atoms with Gasteiger partial charge in [-0.05, 0) is 25.0 Å². The molecule has 1 aromatic carbocycles. The van der Waals surface area contributed by atoms with E-state index in [9.17, 15) is 9.59 Å². The van der Waals surface area contributed by atoms with Crippen LogP contribution < -0.4 is 9.64 Å². The van der Waals surface area contributed by atoms with Crippen molar-refractivity contribution < 1.29 is 14.3 Å². The molecule has 0 N–H and O–H groups in total. The van der Waals surface area contributed by atoms with Crippen molar-refractivity contribution in [1.82, 2.24) is 4.90 Å². The minimum Gasteiger partial charge on any atom is -0.490 e. The molecule has 138 valence electrons. The molecule has 1 aromatic rings. The molecular formula is C20H30N2O3. The molecular weight excluding hydrogens is 316 g/mol. The number of fused-ring (bicyclic) bond motifs is 1. The summed E-state index contributed by atoms with van der Waals surface area (Å²) < 4.78 is 5.59. The zero-order valence-corrected chi connectivity index (χ0v) is 15.5. The molecule has 2 amide bonds. The SMILES string of the molecule is CCCCN(CCCC)C(=O)CCC(=O)N1CCOc2ccccc21. The van der Waals surface area contributed by atoms with Crippen LogP contribution in [-0.4, -0.2) is 43.0 Å². The maximum Gasteiger partial charge on any atom is 0.227 e. The molecule has 0 saturated heterocycles. The number of amides is 2. The first kappa shape index (κ1) is 19.3. The van der Waals surface area contributed by atoms with E-state index in [-0.39, 0.29) is 24.7 Å². The second-order valence-electron chi connectivity index (χ2n) is 6.45. The van der Waals surface area contributed by atoms with Gasteiger partial charge in [0, 0.05) is 25.9 Å². The third-order valence-electron chi connectivity index (χ3n) is 4.50. The van der Waals surface area contributed by atoms with Gasteiger partial charge in [0.15, 0.2) is 0 Å². The van der Waals surface area contributed by atoms with E-state index < -0.39 is 0 Å². The molecule has 5 nitrogen and oxygen atoms in total. The minimum atomic E-state index is -0.00460. The molecule has 0 radical (unpaired) electrons. The van der Waals surface area contributed by atoms with Crippen molar-refractivity contribution in [2.24, 2.45) is 0 Å². The Labute approximate surface area is 150 Å². The molecule has 0 fully saturated rings. The molecule has 1 heterocycles. The lowest BCUT2D eigenvalue weighted by Crippen LogP contribution is -2.39. The van der Waals surface area contributed by atoms with Gasteiger partial charge in [-0.15, -0.1) is 0 Å². The first-order valence-electron chi connectivity index (χ1n) is 9.47. The van der Waals surface area contributed by atoms with Crippen LogP contribution in [0.15, 0.2) is 24.3 Å². The number of anilines is 1. The van der Waals surface area contributed by atoms with Crippen LogP contribution in [0, 0.1) is 0 Å². The number of nitrogens with zero attached hydrogens (tertiary/aromatic N) is 2. The van der Waals surface area contributed by atoms with Crippen LogP contribution in [-0.2, 0) is 9.59 Å². The third-order valence-corrected chi connectivity index (χ3v) is 4.50. The normalized spacial score (nSPS) is 13.1. The van der Waals surface area contributed by atoms with E-state index in [0.29, 0.717) is 13.2 Å². The average Bonchev–Trinajstić information content (AvgIpc) is 2.65. The quantitative estimate of drug-likeness (QED) is 0.686. The standard InChI is InChI=1S/C20H30N2O3/c1-3-5-13-21(14-6-4-2)19(23)11-12-20(24)22-15-16-25-18-10-8-7-9-17(18)22/h7-10H,3-6,11-16H2,1-2H3. The van der Waals surface area contributed by atoms with Crippen molar-refractivity contribution in [2.75, 3.05) is 31.1 Å². The summed E-state index contributed by atoms with van der Waals surface area (Å²) in [6, 6.07) is 7.56. The monoisotopic (exact) mass is 346 g/mol. The first-order chi connectivity index (χ1) is 12.2. The molecule has 0 saturated carbocycles. The average molecular weight is 346 g/mol. The number of hydrogen-bond acceptors (Lipinski definition) is 3. The van der Waals surface area contributed by atoms with E-state index in [1.54, 1.807) is 4.90 Å². The van der Waals surface area contributed by atoms with Gasteiger partial charge in [-0.1, -0.05) is 38.8 Å². The molecule has 0 aliphatic carbocycles. The molecule has 2 rings (SSSR count). The Bertz CT molecular complexity index is 566. The van der Waals surface area contributed by atoms with Gasteiger partial charge in [-0.25, -0.2) is 0 Å². The van der Waals surface area contributed by atoms with E-state index in [2.05, 4.69) is 13.8 Å². The van der Waals surface area contributed by atoms with Crippen LogP contribution in [0.25, 0.3) is 0 Å². The highest BCUT2D eigenvalue weighted by Gasteiger charge is 2.24. The molecule has 0 unspecified atom stereocenters. The Morgan fingerprint density at radius 2 is 1.76 bits per heavy atom. The highest BCUT2D eigenvalue weighted by Crippen LogP contribution is 2.31. The zero-order valence-electron chi connectivity index (χ0n) is 15.5. The first-order valence-corrected chi connectivity index (χ1v) is 9.47. The van der Waals surface area contributed by atoms with Crippen molar-refractivity contribution >= 4 is 17.5 Å². The topological polar surface area (TPSA) is 49.9 Å². The highest BCUT2D eigenvalue weighted by molar-refractivity contribution is 5.97. The van der Waals surface area contributed by atoms with Gasteiger partial charge >= 0.3 is 0 Å². The van der Waals surface area contributed by atoms with E-state index in [0.717, 1.165) is 50.2 Å². The fourth-order valence-electron chi connectivity index (χ4n) is 2.99. The summed E-state index contributed by atoms with van der Waals surface area (Å²) in [5.74, 6) is 0.827. The molecule has 1 aliphatic rings. The zero-order chi connectivity index (χ0) is 18.1. The Morgan fingerprint density at radius 3 is 2.44 bits per heavy atom. The van der Waals surface area contributed by atoms with Crippen LogP contribution in [0.4, 0.5) is 5.69 Å². The fourth-order valence-corrected chi connectivity index (χ4v) is 2.99. The van der Waals surface area contributed by atoms with Crippen LogP contribution in [0.5, 0.6) is 5.75 Å². The lowest BCUT2D eigenvalue weighted by atomic mass is 10.2. The van der Waals surface area contributed by atoms with Crippen LogP contribution >= 0.6 is 0 Å². The molecule has 0 aromatic heterocycles. The van der Waals surface area contributed by atoms with Gasteiger partial charge in [0.1, 0.15) is 12.4 Å². The minimum absolute atomic E-state index is 0.00460. The Kier molecular flexibility index (Phi) is 7.76. The lowest BCUT2D eigenvalue weighted by Gasteiger charge is -2.29. The summed E-state index contributed by atoms with van der Waals surface area (Å²) >= 11 is 0. The molecule has 0 atom stereocenters. The number of unbranched alkanes of at least 4 members (excludes halogenated alkanes) is 2. The summed E-state index contributed by atoms with van der Waals surface area (Å²) in [5.41, 5.74) is 0.806. The Balaban J connectivity index is 1.91. The number of carbonyl (C=O) groups is 2. The largest absolute Gasteiger partial charge is 0.490 e. The number of ether oxygens (including phenoxy) is 1. The number of carbonyl (C=O) groups excluding carboxylic acids is 2. The maximum atomic E-state index is 12.6. The Morgan fingerprint density at radius 1 is 1.08 bits per heavy atom. The van der Waals surface area contributed by atoms with E-state index in [4.69, 9.17) is 4.74 Å². The van der Waals surface area contributed by atoms with E-state index >= 15 is 0 Å². The summed E-state index contributed by atoms with van der Waals surface area (Å²) in [5, 5.41) is 0. The lowest BCUT2D eigenvalue weighted by molar-refractivity contribution is -0.133. The summed E-state index contributed by atoms with van der Waals surface area (Å²) in [4.78, 5) is 28.8. The number of para-hydroxylation sites is 2. The number of hydrogen-bond donors (Lipinski definition) is 0. The van der Waals surface area contributed by atoms with Crippen LogP contribution in [0.2, 0.25) is 0 Å². The van der Waals surface area contributed by atoms with Crippen molar-refractivity contribution in [2.45, 2.75) is 52.4 Å². The number of benzene rings is 1. The summed E-state index contributed by atoms with van der Waals surface area (Å²) in [6.07, 6.45) is 4.70. The molecule has 25 heavy (non-hydrogen) atoms. The summed E-state index contributed by atoms with van der Waals surface area (Å²) in [6.45, 7) is 6.88. The predicted octanol–water partition coefficient (Wildman–Crippen LogP) is 3.62. The molecule has 1 aliphatic heterocycles. The van der Waals surface area contributed by atoms with Gasteiger partial charge in [-0.3, -0.25) is 9.59 Å². The van der Waals surface area contributed by atoms with Crippen molar-refractivity contribution in [3.8, 4) is 5.75 Å². The van der Waals surface area contributed by atoms with Gasteiger partial charge in [-0.2, -0.15) is 0 Å². The molecule has 5 heteroatoms. The highest BCUT2D eigenvalue weighted by atomic mass is 16.5. The Hall–Kier alpha value is -2.04. The predicted molar refractivity (Wildman–Crippen MR) is 99.9 cm³/mol. The van der Waals surface area contributed by atoms with Gasteiger partial charge in [0.2, 0.25) is 11.8 Å². The van der Waals surface area contributed by atoms with Crippen molar-refractivity contribution in [3.05, 3.63) is 24.3 Å². The second-order valence-corrected chi connectivity index (χ2v) is 6.45. The second kappa shape index (κ2) is 10.1. The van der Waals surface area contributed by atoms with E-state index in [1.807, 2.05) is 29.2 Å². The smallest absolute Gasteiger partial charge is 0.227 e.